The van der Waals surface area contributed by atoms with E-state index < -0.39 is 23.8 Å². The van der Waals surface area contributed by atoms with Crippen LogP contribution < -0.4 is 10.1 Å². The van der Waals surface area contributed by atoms with Crippen LogP contribution in [0, 0.1) is 5.92 Å². The third kappa shape index (κ3) is 6.34. The van der Waals surface area contributed by atoms with Crippen LogP contribution in [-0.4, -0.2) is 40.9 Å². The number of alkyl halides is 3. The molecule has 0 aliphatic carbocycles. The summed E-state index contributed by atoms with van der Waals surface area (Å²) >= 11 is 1.54. The molecular weight excluding hydrogens is 481 g/mol. The van der Waals surface area contributed by atoms with E-state index in [-0.39, 0.29) is 5.69 Å². The van der Waals surface area contributed by atoms with Gasteiger partial charge in [0.1, 0.15) is 10.8 Å². The van der Waals surface area contributed by atoms with Crippen molar-refractivity contribution in [1.29, 1.82) is 0 Å². The number of hydrogen-bond acceptors (Lipinski definition) is 7. The summed E-state index contributed by atoms with van der Waals surface area (Å²) in [5.41, 5.74) is 0.228. The third-order valence-electron chi connectivity index (χ3n) is 5.59. The summed E-state index contributed by atoms with van der Waals surface area (Å²) in [6.45, 7) is 5.51. The second-order valence-electron chi connectivity index (χ2n) is 8.31. The number of aryl methyl sites for hydroxylation is 1. The lowest BCUT2D eigenvalue weighted by Crippen LogP contribution is -2.27. The summed E-state index contributed by atoms with van der Waals surface area (Å²) in [5, 5.41) is 10.4. The van der Waals surface area contributed by atoms with Gasteiger partial charge >= 0.3 is 6.18 Å². The Labute approximate surface area is 204 Å². The zero-order valence-electron chi connectivity index (χ0n) is 19.3. The minimum Gasteiger partial charge on any atom is -0.493 e. The van der Waals surface area contributed by atoms with Gasteiger partial charge in [0, 0.05) is 34.7 Å². The summed E-state index contributed by atoms with van der Waals surface area (Å²) in [6, 6.07) is 6.62. The van der Waals surface area contributed by atoms with Crippen LogP contribution in [-0.2, 0) is 17.3 Å². The Bertz CT molecular complexity index is 1160. The smallest absolute Gasteiger partial charge is 0.435 e. The molecule has 1 aromatic carbocycles. The van der Waals surface area contributed by atoms with Crippen LogP contribution in [0.25, 0.3) is 10.6 Å². The van der Waals surface area contributed by atoms with Crippen LogP contribution in [0.15, 0.2) is 36.5 Å². The Morgan fingerprint density at radius 1 is 1.29 bits per heavy atom. The topological polar surface area (TPSA) is 86.2 Å². The number of aromatic nitrogens is 3. The Morgan fingerprint density at radius 2 is 2.11 bits per heavy atom. The lowest BCUT2D eigenvalue weighted by molar-refractivity contribution is -0.141. The molecule has 11 heteroatoms. The largest absolute Gasteiger partial charge is 0.493 e. The summed E-state index contributed by atoms with van der Waals surface area (Å²) in [5.74, 6) is 0.415. The van der Waals surface area contributed by atoms with Gasteiger partial charge in [-0.05, 0) is 50.1 Å². The first kappa shape index (κ1) is 25.1. The SMILES string of the molecule is CCc1cnc(-c2cc(OC[C@H]3CCOC3)cc(C(=O)NC(C)c3ccc(C(F)(F)F)nn3)c2)s1. The van der Waals surface area contributed by atoms with Crippen LogP contribution in [0.5, 0.6) is 5.75 Å². The number of carbonyl (C=O) groups excluding carboxylic acids is 1. The molecule has 0 saturated carbocycles. The van der Waals surface area contributed by atoms with E-state index in [1.165, 1.54) is 6.07 Å². The molecule has 4 rings (SSSR count). The van der Waals surface area contributed by atoms with Gasteiger partial charge in [-0.25, -0.2) is 4.98 Å². The molecule has 1 aliphatic rings. The highest BCUT2D eigenvalue weighted by Gasteiger charge is 2.33. The molecule has 3 aromatic rings. The standard InChI is InChI=1S/C24H25F3N4O3S/c1-3-19-11-28-23(35-19)17-8-16(9-18(10-17)34-13-15-6-7-33-12-15)22(32)29-14(2)20-4-5-21(31-30-20)24(25,26)27/h4-5,8-11,14-15H,3,6-7,12-13H2,1-2H3,(H,29,32)/t14?,15-/m0/s1. The number of thiazole rings is 1. The fourth-order valence-corrected chi connectivity index (χ4v) is 4.39. The van der Waals surface area contributed by atoms with Gasteiger partial charge in [0.2, 0.25) is 0 Å². The predicted molar refractivity (Wildman–Crippen MR) is 124 cm³/mol. The maximum Gasteiger partial charge on any atom is 0.435 e. The fourth-order valence-electron chi connectivity index (χ4n) is 3.55. The van der Waals surface area contributed by atoms with Gasteiger partial charge in [-0.1, -0.05) is 6.92 Å². The predicted octanol–water partition coefficient (Wildman–Crippen LogP) is 5.09. The number of benzene rings is 1. The molecule has 3 heterocycles. The first-order valence-electron chi connectivity index (χ1n) is 11.3. The van der Waals surface area contributed by atoms with E-state index in [9.17, 15) is 18.0 Å². The Morgan fingerprint density at radius 3 is 2.74 bits per heavy atom. The van der Waals surface area contributed by atoms with Crippen molar-refractivity contribution in [3.05, 3.63) is 58.4 Å². The highest BCUT2D eigenvalue weighted by Crippen LogP contribution is 2.31. The van der Waals surface area contributed by atoms with Gasteiger partial charge < -0.3 is 14.8 Å². The molecule has 35 heavy (non-hydrogen) atoms. The Balaban J connectivity index is 1.54. The molecule has 1 N–H and O–H groups in total. The molecular formula is C24H25F3N4O3S. The summed E-state index contributed by atoms with van der Waals surface area (Å²) in [4.78, 5) is 18.7. The molecule has 0 spiro atoms. The highest BCUT2D eigenvalue weighted by molar-refractivity contribution is 7.15. The summed E-state index contributed by atoms with van der Waals surface area (Å²) in [7, 11) is 0. The molecule has 1 aliphatic heterocycles. The monoisotopic (exact) mass is 506 g/mol. The highest BCUT2D eigenvalue weighted by atomic mass is 32.1. The van der Waals surface area contributed by atoms with E-state index in [0.717, 1.165) is 34.4 Å². The van der Waals surface area contributed by atoms with Crippen LogP contribution in [0.2, 0.25) is 0 Å². The normalized spacial score (nSPS) is 16.8. The van der Waals surface area contributed by atoms with Crippen LogP contribution in [0.3, 0.4) is 0 Å². The minimum absolute atomic E-state index is 0.215. The maximum absolute atomic E-state index is 13.1. The zero-order chi connectivity index (χ0) is 25.0. The van der Waals surface area contributed by atoms with Crippen molar-refractivity contribution in [2.24, 2.45) is 5.92 Å². The summed E-state index contributed by atoms with van der Waals surface area (Å²) < 4.78 is 49.7. The zero-order valence-corrected chi connectivity index (χ0v) is 20.1. The molecule has 1 saturated heterocycles. The van der Waals surface area contributed by atoms with Crippen molar-refractivity contribution in [2.45, 2.75) is 38.9 Å². The van der Waals surface area contributed by atoms with Crippen molar-refractivity contribution in [3.63, 3.8) is 0 Å². The van der Waals surface area contributed by atoms with Crippen LogP contribution in [0.1, 0.15) is 52.9 Å². The second kappa shape index (κ2) is 10.7. The first-order chi connectivity index (χ1) is 16.7. The molecule has 7 nitrogen and oxygen atoms in total. The first-order valence-corrected chi connectivity index (χ1v) is 12.1. The van der Waals surface area contributed by atoms with Crippen molar-refractivity contribution in [2.75, 3.05) is 19.8 Å². The van der Waals surface area contributed by atoms with Gasteiger partial charge in [0.15, 0.2) is 5.69 Å². The molecule has 1 fully saturated rings. The third-order valence-corrected chi connectivity index (χ3v) is 6.78. The molecule has 2 aromatic heterocycles. The van der Waals surface area contributed by atoms with Crippen molar-refractivity contribution in [1.82, 2.24) is 20.5 Å². The number of halogens is 3. The van der Waals surface area contributed by atoms with E-state index >= 15 is 0 Å². The Hall–Kier alpha value is -3.05. The number of hydrogen-bond donors (Lipinski definition) is 1. The second-order valence-corrected chi connectivity index (χ2v) is 9.42. The Kier molecular flexibility index (Phi) is 7.66. The minimum atomic E-state index is -4.58. The molecule has 186 valence electrons. The van der Waals surface area contributed by atoms with Gasteiger partial charge in [-0.2, -0.15) is 18.3 Å². The number of nitrogens with zero attached hydrogens (tertiary/aromatic N) is 3. The average Bonchev–Trinajstić information content (AvgIpc) is 3.54. The van der Waals surface area contributed by atoms with Crippen molar-refractivity contribution in [3.8, 4) is 16.3 Å². The number of amides is 1. The van der Waals surface area contributed by atoms with Gasteiger partial charge in [0.25, 0.3) is 5.91 Å². The summed E-state index contributed by atoms with van der Waals surface area (Å²) in [6.07, 6.45) is -0.985. The van der Waals surface area contributed by atoms with Crippen molar-refractivity contribution >= 4 is 17.2 Å². The number of nitrogens with one attached hydrogen (secondary N) is 1. The van der Waals surface area contributed by atoms with E-state index in [4.69, 9.17) is 9.47 Å². The van der Waals surface area contributed by atoms with E-state index in [0.29, 0.717) is 37.1 Å². The lowest BCUT2D eigenvalue weighted by Gasteiger charge is -2.16. The average molecular weight is 507 g/mol. The van der Waals surface area contributed by atoms with Crippen molar-refractivity contribution < 1.29 is 27.4 Å². The molecule has 1 amide bonds. The van der Waals surface area contributed by atoms with Crippen LogP contribution >= 0.6 is 11.3 Å². The molecule has 1 unspecified atom stereocenters. The number of rotatable bonds is 8. The van der Waals surface area contributed by atoms with Gasteiger partial charge in [-0.3, -0.25) is 4.79 Å². The van der Waals surface area contributed by atoms with E-state index in [1.54, 1.807) is 30.4 Å². The van der Waals surface area contributed by atoms with Crippen LogP contribution in [0.4, 0.5) is 13.2 Å². The van der Waals surface area contributed by atoms with Gasteiger partial charge in [0.05, 0.1) is 24.9 Å². The number of ether oxygens (including phenoxy) is 2. The maximum atomic E-state index is 13.1. The van der Waals surface area contributed by atoms with Gasteiger partial charge in [-0.15, -0.1) is 16.4 Å². The van der Waals surface area contributed by atoms with E-state index in [2.05, 4.69) is 20.5 Å². The quantitative estimate of drug-likeness (QED) is 0.458. The molecule has 0 radical (unpaired) electrons. The number of carbonyl (C=O) groups is 1. The molecule has 2 atom stereocenters. The van der Waals surface area contributed by atoms with E-state index in [1.807, 2.05) is 19.2 Å². The lowest BCUT2D eigenvalue weighted by atomic mass is 10.1. The fraction of sp³-hybridized carbons (Fsp3) is 0.417. The molecule has 0 bridgehead atoms.